The fourth-order valence-corrected chi connectivity index (χ4v) is 2.50. The molecule has 0 unspecified atom stereocenters. The topological polar surface area (TPSA) is 65.7 Å². The van der Waals surface area contributed by atoms with Gasteiger partial charge < -0.3 is 13.9 Å². The Kier molecular flexibility index (Phi) is 5.58. The number of hydrogen-bond donors (Lipinski definition) is 0. The zero-order chi connectivity index (χ0) is 17.7. The number of esters is 2. The van der Waals surface area contributed by atoms with Crippen molar-refractivity contribution in [3.8, 4) is 0 Å². The van der Waals surface area contributed by atoms with Gasteiger partial charge in [-0.2, -0.15) is 0 Å². The summed E-state index contributed by atoms with van der Waals surface area (Å²) in [4.78, 5) is 24.2. The number of hydrogen-bond acceptors (Lipinski definition) is 5. The number of aryl methyl sites for hydroxylation is 1. The molecule has 2 aromatic rings. The molecule has 0 bridgehead atoms. The van der Waals surface area contributed by atoms with Crippen molar-refractivity contribution in [1.29, 1.82) is 0 Å². The fourth-order valence-electron chi connectivity index (χ4n) is 2.50. The molecule has 0 fully saturated rings. The van der Waals surface area contributed by atoms with Crippen LogP contribution in [-0.4, -0.2) is 25.7 Å². The first-order valence-corrected chi connectivity index (χ1v) is 7.60. The van der Waals surface area contributed by atoms with Crippen molar-refractivity contribution >= 4 is 17.5 Å². The summed E-state index contributed by atoms with van der Waals surface area (Å²) in [6.45, 7) is 7.37. The summed E-state index contributed by atoms with van der Waals surface area (Å²) >= 11 is 0. The average molecular weight is 328 g/mol. The predicted octanol–water partition coefficient (Wildman–Crippen LogP) is 3.54. The number of ether oxygens (including phenoxy) is 2. The van der Waals surface area contributed by atoms with Gasteiger partial charge in [0.1, 0.15) is 17.1 Å². The Morgan fingerprint density at radius 3 is 2.42 bits per heavy atom. The van der Waals surface area contributed by atoms with E-state index in [9.17, 15) is 9.59 Å². The highest BCUT2D eigenvalue weighted by Gasteiger charge is 2.29. The number of benzene rings is 1. The molecule has 0 saturated carbocycles. The quantitative estimate of drug-likeness (QED) is 0.599. The first-order valence-electron chi connectivity index (χ1n) is 7.60. The molecule has 0 amide bonds. The van der Waals surface area contributed by atoms with Gasteiger partial charge in [-0.3, -0.25) is 0 Å². The Balaban J connectivity index is 2.54. The molecule has 0 radical (unpaired) electrons. The molecule has 2 rings (SSSR count). The molecule has 1 aromatic carbocycles. The van der Waals surface area contributed by atoms with E-state index in [1.54, 1.807) is 13.8 Å². The minimum Gasteiger partial charge on any atom is -0.465 e. The van der Waals surface area contributed by atoms with Crippen LogP contribution in [0.25, 0.3) is 5.57 Å². The van der Waals surface area contributed by atoms with E-state index in [-0.39, 0.29) is 17.7 Å². The third-order valence-electron chi connectivity index (χ3n) is 3.58. The summed E-state index contributed by atoms with van der Waals surface area (Å²) in [5.74, 6) is -0.287. The Bertz CT molecular complexity index is 756. The molecule has 5 nitrogen and oxygen atoms in total. The molecule has 1 heterocycles. The molecular formula is C19H20O5. The van der Waals surface area contributed by atoms with Crippen molar-refractivity contribution < 1.29 is 23.5 Å². The van der Waals surface area contributed by atoms with Crippen molar-refractivity contribution in [3.63, 3.8) is 0 Å². The molecule has 126 valence electrons. The monoisotopic (exact) mass is 328 g/mol. The number of furan rings is 1. The smallest absolute Gasteiger partial charge is 0.342 e. The van der Waals surface area contributed by atoms with Crippen molar-refractivity contribution in [2.75, 3.05) is 13.7 Å². The predicted molar refractivity (Wildman–Crippen MR) is 89.7 cm³/mol. The van der Waals surface area contributed by atoms with Gasteiger partial charge in [-0.05, 0) is 19.4 Å². The van der Waals surface area contributed by atoms with E-state index < -0.39 is 11.9 Å². The van der Waals surface area contributed by atoms with Crippen LogP contribution in [-0.2, 0) is 20.7 Å². The highest BCUT2D eigenvalue weighted by atomic mass is 16.5. The van der Waals surface area contributed by atoms with E-state index >= 15 is 0 Å². The van der Waals surface area contributed by atoms with Crippen LogP contribution in [0.1, 0.15) is 39.9 Å². The molecule has 0 N–H and O–H groups in total. The van der Waals surface area contributed by atoms with Crippen LogP contribution in [0.2, 0.25) is 0 Å². The van der Waals surface area contributed by atoms with Gasteiger partial charge in [-0.15, -0.1) is 0 Å². The standard InChI is InChI=1S/C19H20O5/c1-5-23-19(21)17-13(3)24-15(11-14-9-7-6-8-10-14)16(17)12(2)18(20)22-4/h6-10H,2,5,11H2,1,3-4H3. The Labute approximate surface area is 140 Å². The van der Waals surface area contributed by atoms with E-state index in [1.807, 2.05) is 30.3 Å². The molecule has 24 heavy (non-hydrogen) atoms. The molecule has 0 saturated heterocycles. The van der Waals surface area contributed by atoms with Crippen molar-refractivity contribution in [1.82, 2.24) is 0 Å². The van der Waals surface area contributed by atoms with Crippen LogP contribution >= 0.6 is 0 Å². The molecule has 0 aliphatic heterocycles. The highest BCUT2D eigenvalue weighted by Crippen LogP contribution is 2.31. The molecule has 0 aliphatic carbocycles. The van der Waals surface area contributed by atoms with Gasteiger partial charge in [0.15, 0.2) is 0 Å². The normalized spacial score (nSPS) is 10.3. The van der Waals surface area contributed by atoms with Gasteiger partial charge in [-0.1, -0.05) is 36.9 Å². The minimum absolute atomic E-state index is 0.0725. The lowest BCUT2D eigenvalue weighted by molar-refractivity contribution is -0.133. The molecule has 0 aliphatic rings. The van der Waals surface area contributed by atoms with Gasteiger partial charge in [0, 0.05) is 12.0 Å². The first kappa shape index (κ1) is 17.5. The third-order valence-corrected chi connectivity index (χ3v) is 3.58. The van der Waals surface area contributed by atoms with Crippen molar-refractivity contribution in [2.24, 2.45) is 0 Å². The maximum absolute atomic E-state index is 12.3. The highest BCUT2D eigenvalue weighted by molar-refractivity contribution is 6.18. The number of carbonyl (C=O) groups is 2. The molecule has 0 spiro atoms. The second-order valence-corrected chi connectivity index (χ2v) is 5.18. The second kappa shape index (κ2) is 7.64. The van der Waals surface area contributed by atoms with Crippen molar-refractivity contribution in [2.45, 2.75) is 20.3 Å². The second-order valence-electron chi connectivity index (χ2n) is 5.18. The van der Waals surface area contributed by atoms with Gasteiger partial charge in [0.2, 0.25) is 0 Å². The third kappa shape index (κ3) is 3.56. The van der Waals surface area contributed by atoms with E-state index in [4.69, 9.17) is 13.9 Å². The summed E-state index contributed by atoms with van der Waals surface area (Å²) in [6.07, 6.45) is 0.423. The zero-order valence-electron chi connectivity index (χ0n) is 14.0. The van der Waals surface area contributed by atoms with Gasteiger partial charge in [0.05, 0.1) is 19.3 Å². The Morgan fingerprint density at radius 1 is 1.17 bits per heavy atom. The van der Waals surface area contributed by atoms with Crippen LogP contribution in [0, 0.1) is 6.92 Å². The van der Waals surface area contributed by atoms with Crippen LogP contribution < -0.4 is 0 Å². The lowest BCUT2D eigenvalue weighted by atomic mass is 9.98. The molecule has 0 atom stereocenters. The minimum atomic E-state index is -0.615. The molecule has 5 heteroatoms. The first-order chi connectivity index (χ1) is 11.5. The SMILES string of the molecule is C=C(C(=O)OC)c1c(Cc2ccccc2)oc(C)c1C(=O)OCC. The summed E-state index contributed by atoms with van der Waals surface area (Å²) in [5.41, 5.74) is 1.63. The number of carbonyl (C=O) groups excluding carboxylic acids is 2. The Hall–Kier alpha value is -2.82. The fraction of sp³-hybridized carbons (Fsp3) is 0.263. The van der Waals surface area contributed by atoms with E-state index in [2.05, 4.69) is 6.58 Å². The van der Waals surface area contributed by atoms with Gasteiger partial charge in [-0.25, -0.2) is 9.59 Å². The largest absolute Gasteiger partial charge is 0.465 e. The maximum Gasteiger partial charge on any atom is 0.342 e. The summed E-state index contributed by atoms with van der Waals surface area (Å²) in [5, 5.41) is 0. The van der Waals surface area contributed by atoms with Crippen LogP contribution in [0.15, 0.2) is 41.3 Å². The summed E-state index contributed by atoms with van der Waals surface area (Å²) in [6, 6.07) is 9.60. The lowest BCUT2D eigenvalue weighted by Gasteiger charge is -2.08. The summed E-state index contributed by atoms with van der Waals surface area (Å²) in [7, 11) is 1.27. The maximum atomic E-state index is 12.3. The summed E-state index contributed by atoms with van der Waals surface area (Å²) < 4.78 is 15.6. The Morgan fingerprint density at radius 2 is 1.83 bits per heavy atom. The lowest BCUT2D eigenvalue weighted by Crippen LogP contribution is -2.11. The van der Waals surface area contributed by atoms with Crippen molar-refractivity contribution in [3.05, 3.63) is 65.1 Å². The number of methoxy groups -OCH3 is 1. The van der Waals surface area contributed by atoms with E-state index in [0.29, 0.717) is 23.5 Å². The molecule has 1 aromatic heterocycles. The number of rotatable bonds is 6. The van der Waals surface area contributed by atoms with Crippen LogP contribution in [0.4, 0.5) is 0 Å². The van der Waals surface area contributed by atoms with E-state index in [0.717, 1.165) is 5.56 Å². The van der Waals surface area contributed by atoms with Crippen LogP contribution in [0.5, 0.6) is 0 Å². The van der Waals surface area contributed by atoms with Gasteiger partial charge in [0.25, 0.3) is 0 Å². The average Bonchev–Trinajstić information content (AvgIpc) is 2.90. The zero-order valence-corrected chi connectivity index (χ0v) is 14.0. The van der Waals surface area contributed by atoms with E-state index in [1.165, 1.54) is 7.11 Å². The van der Waals surface area contributed by atoms with Gasteiger partial charge >= 0.3 is 11.9 Å². The molecular weight excluding hydrogens is 308 g/mol. The van der Waals surface area contributed by atoms with Crippen LogP contribution in [0.3, 0.4) is 0 Å².